The number of benzene rings is 1. The first-order valence-corrected chi connectivity index (χ1v) is 7.77. The predicted octanol–water partition coefficient (Wildman–Crippen LogP) is 3.37. The minimum absolute atomic E-state index is 0.237. The summed E-state index contributed by atoms with van der Waals surface area (Å²) in [5, 5.41) is 3.47. The number of para-hydroxylation sites is 1. The second-order valence-corrected chi connectivity index (χ2v) is 6.14. The third-order valence-electron chi connectivity index (χ3n) is 3.85. The summed E-state index contributed by atoms with van der Waals surface area (Å²) in [7, 11) is 1.74. The SMILES string of the molecule is COC(C)(C)CN=C(Nc1ccccc1)N1CCCCC1. The van der Waals surface area contributed by atoms with E-state index in [0.29, 0.717) is 6.54 Å². The lowest BCUT2D eigenvalue weighted by Gasteiger charge is -2.31. The minimum atomic E-state index is -0.237. The van der Waals surface area contributed by atoms with E-state index < -0.39 is 0 Å². The average molecular weight is 289 g/mol. The van der Waals surface area contributed by atoms with Gasteiger partial charge in [0.25, 0.3) is 0 Å². The molecule has 1 saturated heterocycles. The normalized spacial score (nSPS) is 16.9. The number of rotatable bonds is 4. The molecule has 1 aromatic rings. The van der Waals surface area contributed by atoms with Crippen molar-refractivity contribution in [3.8, 4) is 0 Å². The molecule has 0 atom stereocenters. The van der Waals surface area contributed by atoms with E-state index in [1.54, 1.807) is 7.11 Å². The Balaban J connectivity index is 2.11. The van der Waals surface area contributed by atoms with Crippen LogP contribution in [-0.4, -0.2) is 43.2 Å². The van der Waals surface area contributed by atoms with Crippen molar-refractivity contribution in [2.45, 2.75) is 38.7 Å². The van der Waals surface area contributed by atoms with E-state index in [0.717, 1.165) is 24.7 Å². The van der Waals surface area contributed by atoms with Gasteiger partial charge in [0, 0.05) is 25.9 Å². The summed E-state index contributed by atoms with van der Waals surface area (Å²) in [6.45, 7) is 6.92. The molecule has 2 rings (SSSR count). The van der Waals surface area contributed by atoms with Gasteiger partial charge in [-0.15, -0.1) is 0 Å². The summed E-state index contributed by atoms with van der Waals surface area (Å²) in [5.74, 6) is 0.964. The van der Waals surface area contributed by atoms with E-state index in [2.05, 4.69) is 36.2 Å². The van der Waals surface area contributed by atoms with Crippen LogP contribution < -0.4 is 5.32 Å². The molecule has 0 spiro atoms. The lowest BCUT2D eigenvalue weighted by molar-refractivity contribution is 0.0309. The average Bonchev–Trinajstić information content (AvgIpc) is 2.53. The topological polar surface area (TPSA) is 36.9 Å². The van der Waals surface area contributed by atoms with Crippen molar-refractivity contribution in [2.24, 2.45) is 4.99 Å². The van der Waals surface area contributed by atoms with Crippen LogP contribution in [0, 0.1) is 0 Å². The van der Waals surface area contributed by atoms with E-state index in [4.69, 9.17) is 9.73 Å². The Kier molecular flexibility index (Phi) is 5.62. The van der Waals surface area contributed by atoms with Gasteiger partial charge in [-0.3, -0.25) is 0 Å². The number of anilines is 1. The molecule has 1 aliphatic rings. The van der Waals surface area contributed by atoms with Crippen molar-refractivity contribution in [1.29, 1.82) is 0 Å². The fraction of sp³-hybridized carbons (Fsp3) is 0.588. The van der Waals surface area contributed by atoms with Crippen molar-refractivity contribution in [1.82, 2.24) is 4.90 Å². The van der Waals surface area contributed by atoms with Gasteiger partial charge >= 0.3 is 0 Å². The lowest BCUT2D eigenvalue weighted by Crippen LogP contribution is -2.41. The van der Waals surface area contributed by atoms with Gasteiger partial charge < -0.3 is 15.0 Å². The third kappa shape index (κ3) is 5.05. The molecule has 4 nitrogen and oxygen atoms in total. The van der Waals surface area contributed by atoms with Crippen LogP contribution in [0.1, 0.15) is 33.1 Å². The molecule has 0 aliphatic carbocycles. The highest BCUT2D eigenvalue weighted by atomic mass is 16.5. The molecule has 1 aromatic carbocycles. The number of aliphatic imine (C=N–C) groups is 1. The molecule has 0 unspecified atom stereocenters. The molecule has 116 valence electrons. The highest BCUT2D eigenvalue weighted by molar-refractivity contribution is 5.93. The molecule has 0 amide bonds. The maximum atomic E-state index is 5.47. The summed E-state index contributed by atoms with van der Waals surface area (Å²) in [6, 6.07) is 10.2. The monoisotopic (exact) mass is 289 g/mol. The quantitative estimate of drug-likeness (QED) is 0.682. The largest absolute Gasteiger partial charge is 0.377 e. The van der Waals surface area contributed by atoms with Crippen LogP contribution in [0.2, 0.25) is 0 Å². The second-order valence-electron chi connectivity index (χ2n) is 6.14. The molecule has 1 aliphatic heterocycles. The summed E-state index contributed by atoms with van der Waals surface area (Å²) < 4.78 is 5.47. The molecular weight excluding hydrogens is 262 g/mol. The Morgan fingerprint density at radius 3 is 2.48 bits per heavy atom. The zero-order chi connectivity index (χ0) is 15.1. The van der Waals surface area contributed by atoms with Crippen LogP contribution in [0.5, 0.6) is 0 Å². The van der Waals surface area contributed by atoms with Crippen molar-refractivity contribution in [2.75, 3.05) is 32.1 Å². The summed E-state index contributed by atoms with van der Waals surface area (Å²) >= 11 is 0. The van der Waals surface area contributed by atoms with Crippen LogP contribution >= 0.6 is 0 Å². The zero-order valence-electron chi connectivity index (χ0n) is 13.4. The number of ether oxygens (including phenoxy) is 1. The van der Waals surface area contributed by atoms with Crippen molar-refractivity contribution >= 4 is 11.6 Å². The zero-order valence-corrected chi connectivity index (χ0v) is 13.4. The highest BCUT2D eigenvalue weighted by Crippen LogP contribution is 2.14. The van der Waals surface area contributed by atoms with Crippen LogP contribution in [0.3, 0.4) is 0 Å². The minimum Gasteiger partial charge on any atom is -0.377 e. The number of hydrogen-bond acceptors (Lipinski definition) is 2. The maximum Gasteiger partial charge on any atom is 0.198 e. The Morgan fingerprint density at radius 2 is 1.86 bits per heavy atom. The molecule has 0 bridgehead atoms. The number of hydrogen-bond donors (Lipinski definition) is 1. The Labute approximate surface area is 128 Å². The fourth-order valence-corrected chi connectivity index (χ4v) is 2.30. The number of nitrogens with zero attached hydrogens (tertiary/aromatic N) is 2. The number of likely N-dealkylation sites (tertiary alicyclic amines) is 1. The Morgan fingerprint density at radius 1 is 1.19 bits per heavy atom. The first-order valence-electron chi connectivity index (χ1n) is 7.77. The molecule has 0 radical (unpaired) electrons. The molecule has 1 fully saturated rings. The Hall–Kier alpha value is -1.55. The maximum absolute atomic E-state index is 5.47. The first-order chi connectivity index (χ1) is 10.1. The molecular formula is C17H27N3O. The molecule has 4 heteroatoms. The number of guanidine groups is 1. The number of methoxy groups -OCH3 is 1. The molecule has 0 aromatic heterocycles. The highest BCUT2D eigenvalue weighted by Gasteiger charge is 2.19. The van der Waals surface area contributed by atoms with E-state index >= 15 is 0 Å². The van der Waals surface area contributed by atoms with Gasteiger partial charge in [-0.1, -0.05) is 18.2 Å². The first kappa shape index (κ1) is 15.8. The molecule has 0 saturated carbocycles. The summed E-state index contributed by atoms with van der Waals surface area (Å²) in [4.78, 5) is 7.14. The third-order valence-corrected chi connectivity index (χ3v) is 3.85. The second kappa shape index (κ2) is 7.46. The molecule has 1 heterocycles. The summed E-state index contributed by atoms with van der Waals surface area (Å²) in [5.41, 5.74) is 0.844. The van der Waals surface area contributed by atoms with Gasteiger partial charge in [-0.2, -0.15) is 0 Å². The van der Waals surface area contributed by atoms with Gasteiger partial charge in [0.15, 0.2) is 5.96 Å². The lowest BCUT2D eigenvalue weighted by atomic mass is 10.1. The van der Waals surface area contributed by atoms with Crippen molar-refractivity contribution in [3.63, 3.8) is 0 Å². The van der Waals surface area contributed by atoms with Crippen LogP contribution in [0.15, 0.2) is 35.3 Å². The van der Waals surface area contributed by atoms with E-state index in [1.165, 1.54) is 19.3 Å². The number of piperidine rings is 1. The van der Waals surface area contributed by atoms with E-state index in [1.807, 2.05) is 18.2 Å². The van der Waals surface area contributed by atoms with E-state index in [-0.39, 0.29) is 5.60 Å². The Bertz CT molecular complexity index is 450. The van der Waals surface area contributed by atoms with Crippen LogP contribution in [0.25, 0.3) is 0 Å². The molecule has 1 N–H and O–H groups in total. The molecule has 21 heavy (non-hydrogen) atoms. The standard InChI is InChI=1S/C17H27N3O/c1-17(2,21-3)14-18-16(20-12-8-5-9-13-20)19-15-10-6-4-7-11-15/h4,6-7,10-11H,5,8-9,12-14H2,1-3H3,(H,18,19). The number of nitrogens with one attached hydrogen (secondary N) is 1. The van der Waals surface area contributed by atoms with Crippen molar-refractivity contribution < 1.29 is 4.74 Å². The van der Waals surface area contributed by atoms with Crippen LogP contribution in [0.4, 0.5) is 5.69 Å². The van der Waals surface area contributed by atoms with Crippen LogP contribution in [-0.2, 0) is 4.74 Å². The smallest absolute Gasteiger partial charge is 0.198 e. The van der Waals surface area contributed by atoms with Gasteiger partial charge in [0.2, 0.25) is 0 Å². The van der Waals surface area contributed by atoms with Crippen molar-refractivity contribution in [3.05, 3.63) is 30.3 Å². The van der Waals surface area contributed by atoms with E-state index in [9.17, 15) is 0 Å². The predicted molar refractivity (Wildman–Crippen MR) is 88.9 cm³/mol. The fourth-order valence-electron chi connectivity index (χ4n) is 2.30. The van der Waals surface area contributed by atoms with Gasteiger partial charge in [0.05, 0.1) is 12.1 Å². The summed E-state index contributed by atoms with van der Waals surface area (Å²) in [6.07, 6.45) is 3.80. The van der Waals surface area contributed by atoms with Gasteiger partial charge in [-0.05, 0) is 45.2 Å². The van der Waals surface area contributed by atoms with Gasteiger partial charge in [-0.25, -0.2) is 4.99 Å². The van der Waals surface area contributed by atoms with Gasteiger partial charge in [0.1, 0.15) is 0 Å².